The lowest BCUT2D eigenvalue weighted by molar-refractivity contribution is 0.575. The van der Waals surface area contributed by atoms with Crippen LogP contribution in [0, 0.1) is 10.5 Å². The third-order valence-electron chi connectivity index (χ3n) is 1.80. The fourth-order valence-corrected chi connectivity index (χ4v) is 1.92. The standard InChI is InChI=1S/C9H5BrClIN2O/c1-4-6(12)8(11)14-9(13-4)7-5(10)2-3-15-7/h2-3H,1H3. The highest BCUT2D eigenvalue weighted by molar-refractivity contribution is 14.1. The number of rotatable bonds is 1. The minimum atomic E-state index is 0.446. The predicted molar refractivity (Wildman–Crippen MR) is 69.9 cm³/mol. The lowest BCUT2D eigenvalue weighted by atomic mass is 10.4. The Bertz CT molecular complexity index is 492. The maximum Gasteiger partial charge on any atom is 0.198 e. The van der Waals surface area contributed by atoms with Crippen LogP contribution in [0.5, 0.6) is 0 Å². The molecule has 15 heavy (non-hydrogen) atoms. The van der Waals surface area contributed by atoms with Crippen molar-refractivity contribution in [3.05, 3.63) is 31.2 Å². The van der Waals surface area contributed by atoms with Crippen LogP contribution in [0.3, 0.4) is 0 Å². The molecule has 0 aliphatic heterocycles. The molecule has 2 heterocycles. The monoisotopic (exact) mass is 398 g/mol. The summed E-state index contributed by atoms with van der Waals surface area (Å²) in [6, 6.07) is 1.79. The van der Waals surface area contributed by atoms with E-state index >= 15 is 0 Å². The van der Waals surface area contributed by atoms with Crippen molar-refractivity contribution in [1.29, 1.82) is 0 Å². The molecule has 0 saturated carbocycles. The van der Waals surface area contributed by atoms with Gasteiger partial charge in [-0.3, -0.25) is 0 Å². The summed E-state index contributed by atoms with van der Waals surface area (Å²) in [7, 11) is 0. The van der Waals surface area contributed by atoms with Crippen molar-refractivity contribution in [3.63, 3.8) is 0 Å². The van der Waals surface area contributed by atoms with E-state index in [1.807, 2.05) is 6.92 Å². The van der Waals surface area contributed by atoms with Gasteiger partial charge in [-0.1, -0.05) is 11.6 Å². The molecule has 0 saturated heterocycles. The van der Waals surface area contributed by atoms with E-state index in [-0.39, 0.29) is 0 Å². The van der Waals surface area contributed by atoms with Gasteiger partial charge in [0.25, 0.3) is 0 Å². The van der Waals surface area contributed by atoms with Crippen molar-refractivity contribution >= 4 is 50.1 Å². The molecule has 3 nitrogen and oxygen atoms in total. The smallest absolute Gasteiger partial charge is 0.198 e. The van der Waals surface area contributed by atoms with E-state index in [9.17, 15) is 0 Å². The second-order valence-corrected chi connectivity index (χ2v) is 5.13. The van der Waals surface area contributed by atoms with Gasteiger partial charge in [0.2, 0.25) is 0 Å². The Morgan fingerprint density at radius 3 is 2.73 bits per heavy atom. The van der Waals surface area contributed by atoms with E-state index in [1.54, 1.807) is 12.3 Å². The molecule has 0 radical (unpaired) electrons. The summed E-state index contributed by atoms with van der Waals surface area (Å²) in [5, 5.41) is 0.446. The Hall–Kier alpha value is -0.140. The maximum absolute atomic E-state index is 5.97. The number of aromatic nitrogens is 2. The molecule has 0 bridgehead atoms. The van der Waals surface area contributed by atoms with E-state index in [0.717, 1.165) is 13.7 Å². The number of halogens is 3. The topological polar surface area (TPSA) is 38.9 Å². The minimum absolute atomic E-state index is 0.446. The van der Waals surface area contributed by atoms with Gasteiger partial charge in [0.1, 0.15) is 5.15 Å². The van der Waals surface area contributed by atoms with Crippen molar-refractivity contribution in [2.24, 2.45) is 0 Å². The fourth-order valence-electron chi connectivity index (χ4n) is 1.08. The van der Waals surface area contributed by atoms with Gasteiger partial charge in [-0.15, -0.1) is 0 Å². The fraction of sp³-hybridized carbons (Fsp3) is 0.111. The van der Waals surface area contributed by atoms with Crippen molar-refractivity contribution in [3.8, 4) is 11.6 Å². The van der Waals surface area contributed by atoms with Gasteiger partial charge in [0.15, 0.2) is 11.6 Å². The van der Waals surface area contributed by atoms with Crippen molar-refractivity contribution in [2.75, 3.05) is 0 Å². The summed E-state index contributed by atoms with van der Waals surface area (Å²) in [6.45, 7) is 1.88. The number of furan rings is 1. The highest BCUT2D eigenvalue weighted by Gasteiger charge is 2.13. The molecule has 0 unspecified atom stereocenters. The van der Waals surface area contributed by atoms with E-state index in [2.05, 4.69) is 48.5 Å². The SMILES string of the molecule is Cc1nc(-c2occc2Br)nc(Cl)c1I. The first kappa shape index (κ1) is 11.3. The summed E-state index contributed by atoms with van der Waals surface area (Å²) in [6.07, 6.45) is 1.57. The third kappa shape index (κ3) is 2.19. The van der Waals surface area contributed by atoms with Crippen LogP contribution in [-0.2, 0) is 0 Å². The van der Waals surface area contributed by atoms with Crippen LogP contribution in [0.15, 0.2) is 21.2 Å². The van der Waals surface area contributed by atoms with Crippen LogP contribution in [-0.4, -0.2) is 9.97 Å². The molecule has 0 spiro atoms. The molecule has 0 aromatic carbocycles. The number of aryl methyl sites for hydroxylation is 1. The van der Waals surface area contributed by atoms with Crippen LogP contribution in [0.2, 0.25) is 5.15 Å². The molecule has 0 atom stereocenters. The zero-order chi connectivity index (χ0) is 11.0. The van der Waals surface area contributed by atoms with Gasteiger partial charge in [-0.05, 0) is 51.5 Å². The molecular formula is C9H5BrClIN2O. The quantitative estimate of drug-likeness (QED) is 0.536. The third-order valence-corrected chi connectivity index (χ3v) is 4.30. The first-order valence-electron chi connectivity index (χ1n) is 4.02. The van der Waals surface area contributed by atoms with Crippen molar-refractivity contribution in [1.82, 2.24) is 9.97 Å². The van der Waals surface area contributed by atoms with E-state index < -0.39 is 0 Å². The number of nitrogens with zero attached hydrogens (tertiary/aromatic N) is 2. The van der Waals surface area contributed by atoms with Gasteiger partial charge in [0.05, 0.1) is 20.0 Å². The Morgan fingerprint density at radius 2 is 2.20 bits per heavy atom. The Labute approximate surface area is 114 Å². The normalized spacial score (nSPS) is 10.7. The highest BCUT2D eigenvalue weighted by atomic mass is 127. The first-order chi connectivity index (χ1) is 7.09. The number of hydrogen-bond donors (Lipinski definition) is 0. The van der Waals surface area contributed by atoms with Gasteiger partial charge in [-0.25, -0.2) is 9.97 Å². The summed E-state index contributed by atoms with van der Waals surface area (Å²) < 4.78 is 6.95. The van der Waals surface area contributed by atoms with Crippen LogP contribution in [0.25, 0.3) is 11.6 Å². The van der Waals surface area contributed by atoms with Crippen LogP contribution < -0.4 is 0 Å². The maximum atomic E-state index is 5.97. The van der Waals surface area contributed by atoms with Gasteiger partial charge in [-0.2, -0.15) is 0 Å². The zero-order valence-electron chi connectivity index (χ0n) is 7.59. The zero-order valence-corrected chi connectivity index (χ0v) is 12.1. The molecule has 2 rings (SSSR count). The van der Waals surface area contributed by atoms with Crippen molar-refractivity contribution < 1.29 is 4.42 Å². The molecule has 0 N–H and O–H groups in total. The Balaban J connectivity index is 2.60. The lowest BCUT2D eigenvalue weighted by Crippen LogP contribution is -1.95. The first-order valence-corrected chi connectivity index (χ1v) is 6.27. The molecule has 0 aliphatic rings. The molecule has 0 aliphatic carbocycles. The van der Waals surface area contributed by atoms with Crippen LogP contribution in [0.1, 0.15) is 5.69 Å². The number of hydrogen-bond acceptors (Lipinski definition) is 3. The Kier molecular flexibility index (Phi) is 3.32. The molecule has 0 amide bonds. The van der Waals surface area contributed by atoms with Gasteiger partial charge in [0, 0.05) is 0 Å². The predicted octanol–water partition coefficient (Wildman–Crippen LogP) is 4.07. The molecule has 0 fully saturated rings. The van der Waals surface area contributed by atoms with Crippen molar-refractivity contribution in [2.45, 2.75) is 6.92 Å². The summed E-state index contributed by atoms with van der Waals surface area (Å²) in [5.74, 6) is 1.09. The largest absolute Gasteiger partial charge is 0.460 e. The van der Waals surface area contributed by atoms with E-state index in [0.29, 0.717) is 16.7 Å². The molecule has 2 aromatic rings. The average molecular weight is 399 g/mol. The summed E-state index contributed by atoms with van der Waals surface area (Å²) in [5.41, 5.74) is 0.842. The lowest BCUT2D eigenvalue weighted by Gasteiger charge is -2.02. The highest BCUT2D eigenvalue weighted by Crippen LogP contribution is 2.29. The van der Waals surface area contributed by atoms with Gasteiger partial charge >= 0.3 is 0 Å². The van der Waals surface area contributed by atoms with Gasteiger partial charge < -0.3 is 4.42 Å². The molecule has 6 heteroatoms. The van der Waals surface area contributed by atoms with E-state index in [4.69, 9.17) is 16.0 Å². The second kappa shape index (κ2) is 4.39. The minimum Gasteiger partial charge on any atom is -0.460 e. The van der Waals surface area contributed by atoms with E-state index in [1.165, 1.54) is 0 Å². The Morgan fingerprint density at radius 1 is 1.47 bits per heavy atom. The second-order valence-electron chi connectivity index (χ2n) is 2.84. The summed E-state index contributed by atoms with van der Waals surface area (Å²) >= 11 is 11.4. The molecule has 2 aromatic heterocycles. The molecule has 78 valence electrons. The summed E-state index contributed by atoms with van der Waals surface area (Å²) in [4.78, 5) is 8.47. The molecular weight excluding hydrogens is 394 g/mol. The van der Waals surface area contributed by atoms with Crippen LogP contribution in [0.4, 0.5) is 0 Å². The average Bonchev–Trinajstić information content (AvgIpc) is 2.60. The van der Waals surface area contributed by atoms with Crippen LogP contribution >= 0.6 is 50.1 Å².